The second kappa shape index (κ2) is 8.44. The maximum Gasteiger partial charge on any atom is 0.264 e. The summed E-state index contributed by atoms with van der Waals surface area (Å²) in [4.78, 5) is 22.4. The van der Waals surface area contributed by atoms with Gasteiger partial charge in [0.15, 0.2) is 0 Å². The van der Waals surface area contributed by atoms with Crippen LogP contribution in [0.1, 0.15) is 26.7 Å². The van der Waals surface area contributed by atoms with Crippen LogP contribution in [-0.4, -0.2) is 52.0 Å². The lowest BCUT2D eigenvalue weighted by molar-refractivity contribution is 0.0619. The number of aryl methyl sites for hydroxylation is 2. The molecular weight excluding hydrogens is 427 g/mol. The standard InChI is InChI=1S/C24H23FN4O2S/c1-15-5-3-4-6-18(15)23-26-21(31-27-23)14-28-9-11-29(12-10-28)24(30)22-16(2)19-13-17(25)7-8-20(19)32-22/h3-8,13H,9-12,14H2,1-2H3. The molecule has 6 nitrogen and oxygen atoms in total. The maximum absolute atomic E-state index is 13.6. The van der Waals surface area contributed by atoms with Crippen molar-refractivity contribution in [2.75, 3.05) is 26.2 Å². The molecule has 3 heterocycles. The van der Waals surface area contributed by atoms with Crippen LogP contribution in [0.2, 0.25) is 0 Å². The minimum absolute atomic E-state index is 0.0170. The minimum atomic E-state index is -0.280. The molecule has 1 fully saturated rings. The Morgan fingerprint density at radius 3 is 2.69 bits per heavy atom. The van der Waals surface area contributed by atoms with Crippen LogP contribution in [0.4, 0.5) is 4.39 Å². The van der Waals surface area contributed by atoms with Crippen molar-refractivity contribution in [3.05, 3.63) is 70.2 Å². The molecule has 8 heteroatoms. The first kappa shape index (κ1) is 20.8. The lowest BCUT2D eigenvalue weighted by Crippen LogP contribution is -2.48. The van der Waals surface area contributed by atoms with E-state index in [4.69, 9.17) is 4.52 Å². The van der Waals surface area contributed by atoms with Gasteiger partial charge in [-0.05, 0) is 48.6 Å². The molecular formula is C24H23FN4O2S. The fourth-order valence-corrected chi connectivity index (χ4v) is 5.25. The van der Waals surface area contributed by atoms with Crippen LogP contribution < -0.4 is 0 Å². The molecule has 32 heavy (non-hydrogen) atoms. The zero-order valence-corrected chi connectivity index (χ0v) is 18.8. The quantitative estimate of drug-likeness (QED) is 0.452. The lowest BCUT2D eigenvalue weighted by Gasteiger charge is -2.33. The molecule has 0 bridgehead atoms. The number of carbonyl (C=O) groups excluding carboxylic acids is 1. The number of thiophene rings is 1. The van der Waals surface area contributed by atoms with Crippen molar-refractivity contribution in [1.29, 1.82) is 0 Å². The number of aromatic nitrogens is 2. The SMILES string of the molecule is Cc1ccccc1-c1noc(CN2CCN(C(=O)c3sc4ccc(F)cc4c3C)CC2)n1. The van der Waals surface area contributed by atoms with E-state index in [0.29, 0.717) is 36.2 Å². The zero-order chi connectivity index (χ0) is 22.2. The first-order valence-electron chi connectivity index (χ1n) is 10.6. The van der Waals surface area contributed by atoms with E-state index in [2.05, 4.69) is 15.0 Å². The highest BCUT2D eigenvalue weighted by Gasteiger charge is 2.26. The number of hydrogen-bond donors (Lipinski definition) is 0. The average Bonchev–Trinajstić information content (AvgIpc) is 3.39. The summed E-state index contributed by atoms with van der Waals surface area (Å²) in [6, 6.07) is 12.6. The Labute approximate surface area is 189 Å². The molecule has 0 atom stereocenters. The first-order chi connectivity index (χ1) is 15.5. The number of carbonyl (C=O) groups is 1. The average molecular weight is 451 g/mol. The molecule has 2 aromatic heterocycles. The molecule has 1 aliphatic heterocycles. The van der Waals surface area contributed by atoms with Gasteiger partial charge >= 0.3 is 0 Å². The normalized spacial score (nSPS) is 14.9. The molecule has 0 N–H and O–H groups in total. The topological polar surface area (TPSA) is 62.5 Å². The first-order valence-corrected chi connectivity index (χ1v) is 11.4. The summed E-state index contributed by atoms with van der Waals surface area (Å²) in [5.74, 6) is 0.912. The molecule has 1 saturated heterocycles. The zero-order valence-electron chi connectivity index (χ0n) is 18.0. The Balaban J connectivity index is 1.23. The van der Waals surface area contributed by atoms with Crippen molar-refractivity contribution in [3.63, 3.8) is 0 Å². The molecule has 0 saturated carbocycles. The van der Waals surface area contributed by atoms with Gasteiger partial charge in [-0.1, -0.05) is 29.4 Å². The van der Waals surface area contributed by atoms with Gasteiger partial charge in [-0.3, -0.25) is 9.69 Å². The van der Waals surface area contributed by atoms with Crippen molar-refractivity contribution in [2.24, 2.45) is 0 Å². The summed E-state index contributed by atoms with van der Waals surface area (Å²) < 4.78 is 20.0. The summed E-state index contributed by atoms with van der Waals surface area (Å²) in [5, 5.41) is 4.95. The van der Waals surface area contributed by atoms with Gasteiger partial charge < -0.3 is 9.42 Å². The number of nitrogens with zero attached hydrogens (tertiary/aromatic N) is 4. The Kier molecular flexibility index (Phi) is 5.48. The Morgan fingerprint density at radius 1 is 1.12 bits per heavy atom. The highest BCUT2D eigenvalue weighted by molar-refractivity contribution is 7.21. The summed E-state index contributed by atoms with van der Waals surface area (Å²) in [5.41, 5.74) is 2.93. The van der Waals surface area contributed by atoms with Gasteiger partial charge in [0.05, 0.1) is 11.4 Å². The van der Waals surface area contributed by atoms with Gasteiger partial charge in [0.2, 0.25) is 11.7 Å². The van der Waals surface area contributed by atoms with Crippen molar-refractivity contribution in [3.8, 4) is 11.4 Å². The molecule has 0 spiro atoms. The molecule has 2 aromatic carbocycles. The molecule has 4 aromatic rings. The molecule has 0 radical (unpaired) electrons. The molecule has 164 valence electrons. The highest BCUT2D eigenvalue weighted by Crippen LogP contribution is 2.32. The summed E-state index contributed by atoms with van der Waals surface area (Å²) in [6.07, 6.45) is 0. The molecule has 1 aliphatic rings. The van der Waals surface area contributed by atoms with Crippen LogP contribution in [0.15, 0.2) is 47.0 Å². The maximum atomic E-state index is 13.6. The monoisotopic (exact) mass is 450 g/mol. The highest BCUT2D eigenvalue weighted by atomic mass is 32.1. The van der Waals surface area contributed by atoms with Crippen LogP contribution in [0.3, 0.4) is 0 Å². The Hall–Kier alpha value is -3.10. The van der Waals surface area contributed by atoms with Crippen LogP contribution in [0.25, 0.3) is 21.5 Å². The van der Waals surface area contributed by atoms with Gasteiger partial charge in [0.25, 0.3) is 5.91 Å². The summed E-state index contributed by atoms with van der Waals surface area (Å²) in [6.45, 7) is 7.18. The van der Waals surface area contributed by atoms with Gasteiger partial charge in [0, 0.05) is 36.4 Å². The number of hydrogen-bond acceptors (Lipinski definition) is 6. The van der Waals surface area contributed by atoms with Crippen LogP contribution in [0, 0.1) is 19.7 Å². The largest absolute Gasteiger partial charge is 0.338 e. The van der Waals surface area contributed by atoms with Gasteiger partial charge in [-0.15, -0.1) is 11.3 Å². The van der Waals surface area contributed by atoms with E-state index in [1.807, 2.05) is 43.0 Å². The summed E-state index contributed by atoms with van der Waals surface area (Å²) in [7, 11) is 0. The van der Waals surface area contributed by atoms with E-state index < -0.39 is 0 Å². The molecule has 0 aliphatic carbocycles. The summed E-state index contributed by atoms with van der Waals surface area (Å²) >= 11 is 1.43. The number of piperazine rings is 1. The third-order valence-corrected chi connectivity index (χ3v) is 7.23. The van der Waals surface area contributed by atoms with Gasteiger partial charge in [-0.2, -0.15) is 4.98 Å². The predicted molar refractivity (Wildman–Crippen MR) is 122 cm³/mol. The van der Waals surface area contributed by atoms with E-state index >= 15 is 0 Å². The van der Waals surface area contributed by atoms with Crippen molar-refractivity contribution < 1.29 is 13.7 Å². The molecule has 1 amide bonds. The number of rotatable bonds is 4. The minimum Gasteiger partial charge on any atom is -0.338 e. The van der Waals surface area contributed by atoms with Crippen molar-refractivity contribution >= 4 is 27.3 Å². The van der Waals surface area contributed by atoms with Crippen LogP contribution in [-0.2, 0) is 6.54 Å². The second-order valence-corrected chi connectivity index (χ2v) is 9.14. The van der Waals surface area contributed by atoms with Gasteiger partial charge in [-0.25, -0.2) is 4.39 Å². The van der Waals surface area contributed by atoms with E-state index in [1.54, 1.807) is 6.07 Å². The molecule has 0 unspecified atom stereocenters. The lowest BCUT2D eigenvalue weighted by atomic mass is 10.1. The smallest absolute Gasteiger partial charge is 0.264 e. The number of amides is 1. The van der Waals surface area contributed by atoms with E-state index in [1.165, 1.54) is 23.5 Å². The Morgan fingerprint density at radius 2 is 1.91 bits per heavy atom. The van der Waals surface area contributed by atoms with E-state index in [0.717, 1.165) is 39.9 Å². The van der Waals surface area contributed by atoms with Gasteiger partial charge in [0.1, 0.15) is 5.82 Å². The van der Waals surface area contributed by atoms with Crippen LogP contribution in [0.5, 0.6) is 0 Å². The number of benzene rings is 2. The van der Waals surface area contributed by atoms with Crippen LogP contribution >= 0.6 is 11.3 Å². The van der Waals surface area contributed by atoms with E-state index in [9.17, 15) is 9.18 Å². The second-order valence-electron chi connectivity index (χ2n) is 8.09. The molecule has 5 rings (SSSR count). The van der Waals surface area contributed by atoms with E-state index in [-0.39, 0.29) is 11.7 Å². The number of fused-ring (bicyclic) bond motifs is 1. The fourth-order valence-electron chi connectivity index (χ4n) is 4.09. The third-order valence-electron chi connectivity index (χ3n) is 5.96. The van der Waals surface area contributed by atoms with Crippen molar-refractivity contribution in [1.82, 2.24) is 19.9 Å². The third kappa shape index (κ3) is 3.91. The van der Waals surface area contributed by atoms with Crippen molar-refractivity contribution in [2.45, 2.75) is 20.4 Å². The Bertz CT molecular complexity index is 1290. The predicted octanol–water partition coefficient (Wildman–Crippen LogP) is 4.67. The fraction of sp³-hybridized carbons (Fsp3) is 0.292. The number of halogens is 1.